The Hall–Kier alpha value is -5.08. The van der Waals surface area contributed by atoms with Gasteiger partial charge in [0.05, 0.1) is 53.2 Å². The van der Waals surface area contributed by atoms with Gasteiger partial charge in [-0.3, -0.25) is 4.79 Å². The van der Waals surface area contributed by atoms with Crippen LogP contribution in [0.1, 0.15) is 26.2 Å². The van der Waals surface area contributed by atoms with Gasteiger partial charge in [0.1, 0.15) is 27.2 Å². The number of hydrogen-bond acceptors (Lipinski definition) is 12. The molecule has 0 amide bonds. The molecular weight excluding hydrogens is 709 g/mol. The summed E-state index contributed by atoms with van der Waals surface area (Å²) in [5, 5.41) is 0.593. The normalized spacial score (nSPS) is 15.6. The Morgan fingerprint density at radius 2 is 1.62 bits per heavy atom. The van der Waals surface area contributed by atoms with Crippen molar-refractivity contribution in [1.29, 1.82) is 0 Å². The topological polar surface area (TPSA) is 138 Å². The highest BCUT2D eigenvalue weighted by Crippen LogP contribution is 2.44. The highest BCUT2D eigenvalue weighted by molar-refractivity contribution is 8.00. The summed E-state index contributed by atoms with van der Waals surface area (Å²) in [6, 6.07) is 13.8. The molecule has 1 aliphatic carbocycles. The van der Waals surface area contributed by atoms with Gasteiger partial charge in [0, 0.05) is 23.4 Å². The molecule has 2 heterocycles. The number of ether oxygens (including phenoxy) is 6. The molecule has 1 atom stereocenters. The first-order chi connectivity index (χ1) is 25.1. The molecule has 1 unspecified atom stereocenters. The smallest absolute Gasteiger partial charge is 0.250 e. The molecule has 0 bridgehead atoms. The first kappa shape index (κ1) is 36.7. The van der Waals surface area contributed by atoms with Crippen molar-refractivity contribution in [2.24, 2.45) is 0 Å². The maximum Gasteiger partial charge on any atom is 0.250 e. The van der Waals surface area contributed by atoms with Gasteiger partial charge in [0.25, 0.3) is 10.0 Å². The van der Waals surface area contributed by atoms with Crippen LogP contribution in [0.4, 0.5) is 0 Å². The molecule has 0 fully saturated rings. The van der Waals surface area contributed by atoms with Crippen molar-refractivity contribution in [3.63, 3.8) is 0 Å². The largest absolute Gasteiger partial charge is 0.496 e. The second kappa shape index (κ2) is 15.3. The fourth-order valence-corrected chi connectivity index (χ4v) is 9.01. The third-order valence-electron chi connectivity index (χ3n) is 8.83. The van der Waals surface area contributed by atoms with E-state index in [1.165, 1.54) is 51.3 Å². The lowest BCUT2D eigenvalue weighted by molar-refractivity contribution is 0.301. The van der Waals surface area contributed by atoms with Crippen LogP contribution in [-0.4, -0.2) is 70.0 Å². The number of thioether (sulfide) groups is 1. The minimum Gasteiger partial charge on any atom is -0.496 e. The zero-order chi connectivity index (χ0) is 37.0. The standard InChI is InChI=1S/C38H40N2O10S2/c1-38(16-10-7-11-17-38)52(42,43)40-27-15-9-8-14-26(27)39-37(40)51-19-13-12-18-49-36-33(41)32-28(45-3)22-25(44-2)23-29(32)50-34(36)24-20-30(46-4)35(48-6)31(21-24)47-5/h7-11,14-16,20-23H,12-13,17-19H2,1-6H3. The van der Waals surface area contributed by atoms with Gasteiger partial charge in [-0.1, -0.05) is 48.2 Å². The van der Waals surface area contributed by atoms with Gasteiger partial charge in [-0.2, -0.15) is 0 Å². The summed E-state index contributed by atoms with van der Waals surface area (Å²) in [6.07, 6.45) is 8.74. The number of nitrogens with zero attached hydrogens (tertiary/aromatic N) is 2. The SMILES string of the molecule is COc1cc(OC)c2c(=O)c(OCCCCSc3nc4ccccc4n3S(=O)(=O)C3(C)C=CC=CC3)c(-c3cc(OC)c(OC)c(OC)c3)oc2c1. The molecule has 274 valence electrons. The average Bonchev–Trinajstić information content (AvgIpc) is 3.54. The van der Waals surface area contributed by atoms with Gasteiger partial charge < -0.3 is 32.8 Å². The number of hydrogen-bond donors (Lipinski definition) is 0. The number of aromatic nitrogens is 2. The van der Waals surface area contributed by atoms with Gasteiger partial charge in [0.2, 0.25) is 16.9 Å². The Kier molecular flexibility index (Phi) is 10.8. The first-order valence-corrected chi connectivity index (χ1v) is 18.9. The number of para-hydroxylation sites is 2. The van der Waals surface area contributed by atoms with Crippen LogP contribution >= 0.6 is 11.8 Å². The molecule has 0 N–H and O–H groups in total. The molecule has 1 aliphatic rings. The van der Waals surface area contributed by atoms with Gasteiger partial charge >= 0.3 is 0 Å². The predicted molar refractivity (Wildman–Crippen MR) is 201 cm³/mol. The average molecular weight is 749 g/mol. The van der Waals surface area contributed by atoms with Crippen molar-refractivity contribution >= 4 is 43.8 Å². The summed E-state index contributed by atoms with van der Waals surface area (Å²) < 4.78 is 68.6. The van der Waals surface area contributed by atoms with Crippen LogP contribution in [0.5, 0.6) is 34.5 Å². The Morgan fingerprint density at radius 3 is 2.27 bits per heavy atom. The lowest BCUT2D eigenvalue weighted by Crippen LogP contribution is -2.38. The summed E-state index contributed by atoms with van der Waals surface area (Å²) >= 11 is 1.36. The molecule has 0 saturated heterocycles. The lowest BCUT2D eigenvalue weighted by atomic mass is 10.0. The molecule has 3 aromatic carbocycles. The Labute approximate surface area is 306 Å². The first-order valence-electron chi connectivity index (χ1n) is 16.5. The molecule has 12 nitrogen and oxygen atoms in total. The third kappa shape index (κ3) is 6.68. The number of imidazole rings is 1. The van der Waals surface area contributed by atoms with Gasteiger partial charge in [-0.05, 0) is 50.5 Å². The van der Waals surface area contributed by atoms with E-state index in [2.05, 4.69) is 0 Å². The van der Waals surface area contributed by atoms with Crippen molar-refractivity contribution in [1.82, 2.24) is 8.96 Å². The quantitative estimate of drug-likeness (QED) is 0.0787. The van der Waals surface area contributed by atoms with Crippen molar-refractivity contribution in [2.45, 2.75) is 36.1 Å². The predicted octanol–water partition coefficient (Wildman–Crippen LogP) is 7.26. The zero-order valence-corrected chi connectivity index (χ0v) is 31.4. The molecule has 52 heavy (non-hydrogen) atoms. The summed E-state index contributed by atoms with van der Waals surface area (Å²) in [5.41, 5.74) is 1.40. The highest BCUT2D eigenvalue weighted by atomic mass is 32.2. The van der Waals surface area contributed by atoms with E-state index < -0.39 is 20.2 Å². The molecule has 0 spiro atoms. The van der Waals surface area contributed by atoms with E-state index in [-0.39, 0.29) is 34.8 Å². The number of allylic oxidation sites excluding steroid dienone is 3. The monoisotopic (exact) mass is 748 g/mol. The molecule has 0 saturated carbocycles. The lowest BCUT2D eigenvalue weighted by Gasteiger charge is -2.27. The zero-order valence-electron chi connectivity index (χ0n) is 29.8. The molecule has 14 heteroatoms. The van der Waals surface area contributed by atoms with E-state index in [1.807, 2.05) is 30.4 Å². The van der Waals surface area contributed by atoms with E-state index in [0.717, 1.165) is 0 Å². The van der Waals surface area contributed by atoms with Crippen LogP contribution in [0, 0.1) is 0 Å². The minimum absolute atomic E-state index is 0.0198. The maximum absolute atomic E-state index is 14.1. The van der Waals surface area contributed by atoms with E-state index in [1.54, 1.807) is 49.4 Å². The van der Waals surface area contributed by atoms with E-state index in [0.29, 0.717) is 69.8 Å². The van der Waals surface area contributed by atoms with Crippen molar-refractivity contribution < 1.29 is 41.3 Å². The molecule has 5 aromatic rings. The third-order valence-corrected chi connectivity index (χ3v) is 12.3. The molecular formula is C38H40N2O10S2. The highest BCUT2D eigenvalue weighted by Gasteiger charge is 2.40. The summed E-state index contributed by atoms with van der Waals surface area (Å²) in [5.74, 6) is 2.50. The van der Waals surface area contributed by atoms with Crippen LogP contribution in [-0.2, 0) is 10.0 Å². The van der Waals surface area contributed by atoms with Crippen LogP contribution < -0.4 is 33.8 Å². The van der Waals surface area contributed by atoms with Gasteiger partial charge in [-0.15, -0.1) is 0 Å². The summed E-state index contributed by atoms with van der Waals surface area (Å²) in [4.78, 5) is 18.8. The van der Waals surface area contributed by atoms with Crippen LogP contribution in [0.15, 0.2) is 87.2 Å². The fraction of sp³-hybridized carbons (Fsp3) is 0.316. The summed E-state index contributed by atoms with van der Waals surface area (Å²) in [7, 11) is 3.61. The number of fused-ring (bicyclic) bond motifs is 2. The molecule has 0 aliphatic heterocycles. The van der Waals surface area contributed by atoms with E-state index in [9.17, 15) is 13.2 Å². The number of unbranched alkanes of at least 4 members (excludes halogenated alkanes) is 1. The van der Waals surface area contributed by atoms with Crippen molar-refractivity contribution in [3.05, 3.63) is 83.1 Å². The Morgan fingerprint density at radius 1 is 0.885 bits per heavy atom. The summed E-state index contributed by atoms with van der Waals surface area (Å²) in [6.45, 7) is 1.89. The molecule has 6 rings (SSSR count). The fourth-order valence-electron chi connectivity index (χ4n) is 6.01. The maximum atomic E-state index is 14.1. The second-order valence-electron chi connectivity index (χ2n) is 12.1. The van der Waals surface area contributed by atoms with Crippen LogP contribution in [0.3, 0.4) is 0 Å². The number of methoxy groups -OCH3 is 5. The van der Waals surface area contributed by atoms with Gasteiger partial charge in [-0.25, -0.2) is 17.4 Å². The van der Waals surface area contributed by atoms with E-state index >= 15 is 0 Å². The second-order valence-corrected chi connectivity index (χ2v) is 15.4. The van der Waals surface area contributed by atoms with Gasteiger partial charge in [0.15, 0.2) is 22.4 Å². The number of benzene rings is 3. The Balaban J connectivity index is 1.27. The molecule has 0 radical (unpaired) electrons. The minimum atomic E-state index is -3.86. The Bertz CT molecular complexity index is 2320. The number of rotatable bonds is 15. The molecule has 2 aromatic heterocycles. The van der Waals surface area contributed by atoms with Crippen LogP contribution in [0.2, 0.25) is 0 Å². The van der Waals surface area contributed by atoms with Crippen molar-refractivity contribution in [3.8, 4) is 45.8 Å². The van der Waals surface area contributed by atoms with Crippen molar-refractivity contribution in [2.75, 3.05) is 47.9 Å². The van der Waals surface area contributed by atoms with E-state index in [4.69, 9.17) is 37.8 Å². The van der Waals surface area contributed by atoms with Crippen LogP contribution in [0.25, 0.3) is 33.3 Å².